The zero-order chi connectivity index (χ0) is 16.4. The zero-order valence-electron chi connectivity index (χ0n) is 12.5. The molecule has 1 saturated heterocycles. The number of phenolic OH excluding ortho intramolecular Hbond substituents is 1. The average Bonchev–Trinajstić information content (AvgIpc) is 3.10. The molecular weight excluding hydrogens is 300 g/mol. The Morgan fingerprint density at radius 2 is 2.22 bits per heavy atom. The number of anilines is 1. The molecule has 0 saturated carbocycles. The van der Waals surface area contributed by atoms with Crippen LogP contribution in [0.25, 0.3) is 0 Å². The Hall–Kier alpha value is -3.03. The molecule has 2 heterocycles. The molecule has 2 amide bonds. The first-order valence-electron chi connectivity index (χ1n) is 7.08. The van der Waals surface area contributed by atoms with Crippen molar-refractivity contribution in [3.05, 3.63) is 42.1 Å². The number of para-hydroxylation sites is 1. The van der Waals surface area contributed by atoms with Crippen molar-refractivity contribution < 1.29 is 19.4 Å². The summed E-state index contributed by atoms with van der Waals surface area (Å²) < 4.78 is 6.81. The number of nitrogens with zero attached hydrogens (tertiary/aromatic N) is 3. The van der Waals surface area contributed by atoms with E-state index in [-0.39, 0.29) is 17.9 Å². The molecule has 120 valence electrons. The van der Waals surface area contributed by atoms with Crippen LogP contribution in [0.5, 0.6) is 5.75 Å². The van der Waals surface area contributed by atoms with Gasteiger partial charge in [0, 0.05) is 13.1 Å². The minimum Gasteiger partial charge on any atom is -0.507 e. The van der Waals surface area contributed by atoms with Gasteiger partial charge in [-0.1, -0.05) is 12.1 Å². The number of rotatable bonds is 4. The highest BCUT2D eigenvalue weighted by molar-refractivity contribution is 5.96. The summed E-state index contributed by atoms with van der Waals surface area (Å²) in [6.45, 7) is 0.479. The molecule has 23 heavy (non-hydrogen) atoms. The molecule has 1 unspecified atom stereocenters. The van der Waals surface area contributed by atoms with Crippen molar-refractivity contribution in [2.45, 2.75) is 6.10 Å². The van der Waals surface area contributed by atoms with Crippen molar-refractivity contribution in [3.8, 4) is 5.75 Å². The molecule has 2 N–H and O–H groups in total. The topological polar surface area (TPSA) is 96.7 Å². The van der Waals surface area contributed by atoms with Crippen LogP contribution in [0.2, 0.25) is 0 Å². The molecule has 1 aromatic carbocycles. The average molecular weight is 316 g/mol. The Morgan fingerprint density at radius 3 is 2.91 bits per heavy atom. The molecule has 1 atom stereocenters. The van der Waals surface area contributed by atoms with Gasteiger partial charge < -0.3 is 15.2 Å². The molecule has 3 rings (SSSR count). The molecule has 2 aromatic rings. The SMILES string of the molecule is Cn1nccc1N1CC(CNC(=O)c2ccccc2O)OC1=O. The Bertz CT molecular complexity index is 743. The van der Waals surface area contributed by atoms with E-state index in [4.69, 9.17) is 4.74 Å². The largest absolute Gasteiger partial charge is 0.507 e. The number of ether oxygens (including phenoxy) is 1. The van der Waals surface area contributed by atoms with Crippen molar-refractivity contribution in [1.29, 1.82) is 0 Å². The molecule has 1 aromatic heterocycles. The number of phenols is 1. The van der Waals surface area contributed by atoms with Crippen LogP contribution in [0, 0.1) is 0 Å². The second kappa shape index (κ2) is 5.99. The fraction of sp³-hybridized carbons (Fsp3) is 0.267. The van der Waals surface area contributed by atoms with Crippen LogP contribution < -0.4 is 10.2 Å². The van der Waals surface area contributed by atoms with E-state index in [0.29, 0.717) is 12.4 Å². The second-order valence-electron chi connectivity index (χ2n) is 5.16. The molecular formula is C15H16N4O4. The second-order valence-corrected chi connectivity index (χ2v) is 5.16. The molecule has 0 bridgehead atoms. The van der Waals surface area contributed by atoms with Gasteiger partial charge in [0.2, 0.25) is 0 Å². The van der Waals surface area contributed by atoms with Gasteiger partial charge in [-0.15, -0.1) is 0 Å². The predicted molar refractivity (Wildman–Crippen MR) is 81.3 cm³/mol. The molecule has 1 aliphatic heterocycles. The van der Waals surface area contributed by atoms with Crippen LogP contribution in [-0.4, -0.2) is 46.1 Å². The first kappa shape index (κ1) is 14.9. The summed E-state index contributed by atoms with van der Waals surface area (Å²) in [5, 5.41) is 16.3. The minimum atomic E-state index is -0.476. The number of cyclic esters (lactones) is 1. The lowest BCUT2D eigenvalue weighted by Gasteiger charge is -2.13. The van der Waals surface area contributed by atoms with E-state index in [1.54, 1.807) is 36.1 Å². The Labute approximate surface area is 132 Å². The normalized spacial score (nSPS) is 17.2. The lowest BCUT2D eigenvalue weighted by Crippen LogP contribution is -2.34. The highest BCUT2D eigenvalue weighted by atomic mass is 16.6. The van der Waals surface area contributed by atoms with Crippen LogP contribution in [0.4, 0.5) is 10.6 Å². The molecule has 8 heteroatoms. The van der Waals surface area contributed by atoms with Crippen LogP contribution in [0.3, 0.4) is 0 Å². The minimum absolute atomic E-state index is 0.0927. The number of amides is 2. The van der Waals surface area contributed by atoms with Crippen molar-refractivity contribution in [3.63, 3.8) is 0 Å². The molecule has 0 radical (unpaired) electrons. The Kier molecular flexibility index (Phi) is 3.88. The number of hydrogen-bond acceptors (Lipinski definition) is 5. The van der Waals surface area contributed by atoms with Gasteiger partial charge in [0.15, 0.2) is 0 Å². The van der Waals surface area contributed by atoms with E-state index in [1.165, 1.54) is 17.0 Å². The standard InChI is InChI=1S/C15H16N4O4/c1-18-13(6-7-17-18)19-9-10(23-15(19)22)8-16-14(21)11-4-2-3-5-12(11)20/h2-7,10,20H,8-9H2,1H3,(H,16,21). The number of carbonyl (C=O) groups excluding carboxylic acids is 2. The third-order valence-electron chi connectivity index (χ3n) is 3.58. The number of benzene rings is 1. The van der Waals surface area contributed by atoms with Gasteiger partial charge in [-0.05, 0) is 12.1 Å². The quantitative estimate of drug-likeness (QED) is 0.873. The van der Waals surface area contributed by atoms with E-state index in [2.05, 4.69) is 10.4 Å². The monoisotopic (exact) mass is 316 g/mol. The molecule has 0 aliphatic carbocycles. The van der Waals surface area contributed by atoms with Crippen molar-refractivity contribution in [1.82, 2.24) is 15.1 Å². The van der Waals surface area contributed by atoms with E-state index in [0.717, 1.165) is 0 Å². The smallest absolute Gasteiger partial charge is 0.416 e. The number of hydrogen-bond donors (Lipinski definition) is 2. The number of nitrogens with one attached hydrogen (secondary N) is 1. The number of aromatic nitrogens is 2. The van der Waals surface area contributed by atoms with Gasteiger partial charge in [-0.25, -0.2) is 4.79 Å². The summed E-state index contributed by atoms with van der Waals surface area (Å²) in [7, 11) is 1.73. The van der Waals surface area contributed by atoms with Crippen LogP contribution in [0.15, 0.2) is 36.5 Å². The summed E-state index contributed by atoms with van der Waals surface area (Å²) in [6, 6.07) is 7.97. The summed E-state index contributed by atoms with van der Waals surface area (Å²) in [5.41, 5.74) is 0.181. The van der Waals surface area contributed by atoms with Gasteiger partial charge in [0.25, 0.3) is 5.91 Å². The van der Waals surface area contributed by atoms with Crippen molar-refractivity contribution >= 4 is 17.8 Å². The Morgan fingerprint density at radius 1 is 1.43 bits per heavy atom. The van der Waals surface area contributed by atoms with E-state index in [1.807, 2.05) is 0 Å². The zero-order valence-corrected chi connectivity index (χ0v) is 12.5. The summed E-state index contributed by atoms with van der Waals surface area (Å²) in [6.07, 6.45) is 0.651. The van der Waals surface area contributed by atoms with Crippen molar-refractivity contribution in [2.75, 3.05) is 18.0 Å². The van der Waals surface area contributed by atoms with Crippen LogP contribution in [0.1, 0.15) is 10.4 Å². The molecule has 8 nitrogen and oxygen atoms in total. The van der Waals surface area contributed by atoms with E-state index < -0.39 is 18.1 Å². The van der Waals surface area contributed by atoms with Crippen LogP contribution >= 0.6 is 0 Å². The van der Waals surface area contributed by atoms with Gasteiger partial charge in [-0.2, -0.15) is 5.10 Å². The first-order valence-corrected chi connectivity index (χ1v) is 7.08. The lowest BCUT2D eigenvalue weighted by molar-refractivity contribution is 0.0913. The Balaban J connectivity index is 1.60. The van der Waals surface area contributed by atoms with Gasteiger partial charge in [0.05, 0.1) is 24.8 Å². The fourth-order valence-electron chi connectivity index (χ4n) is 2.41. The number of carbonyl (C=O) groups is 2. The number of aromatic hydroxyl groups is 1. The molecule has 0 spiro atoms. The van der Waals surface area contributed by atoms with Gasteiger partial charge in [-0.3, -0.25) is 14.4 Å². The maximum Gasteiger partial charge on any atom is 0.416 e. The summed E-state index contributed by atoms with van der Waals surface area (Å²) >= 11 is 0. The predicted octanol–water partition coefficient (Wildman–Crippen LogP) is 0.881. The highest BCUT2D eigenvalue weighted by Crippen LogP contribution is 2.20. The van der Waals surface area contributed by atoms with Crippen LogP contribution in [-0.2, 0) is 11.8 Å². The maximum atomic E-state index is 12.0. The van der Waals surface area contributed by atoms with Gasteiger partial charge >= 0.3 is 6.09 Å². The first-order chi connectivity index (χ1) is 11.1. The lowest BCUT2D eigenvalue weighted by atomic mass is 10.2. The van der Waals surface area contributed by atoms with E-state index in [9.17, 15) is 14.7 Å². The third-order valence-corrected chi connectivity index (χ3v) is 3.58. The number of aryl methyl sites for hydroxylation is 1. The summed E-state index contributed by atoms with van der Waals surface area (Å²) in [4.78, 5) is 25.4. The molecule has 1 fully saturated rings. The maximum absolute atomic E-state index is 12.0. The summed E-state index contributed by atoms with van der Waals surface area (Å²) in [5.74, 6) is 0.118. The van der Waals surface area contributed by atoms with Crippen molar-refractivity contribution in [2.24, 2.45) is 7.05 Å². The highest BCUT2D eigenvalue weighted by Gasteiger charge is 2.34. The van der Waals surface area contributed by atoms with Gasteiger partial charge in [0.1, 0.15) is 17.7 Å². The molecule has 1 aliphatic rings. The third kappa shape index (κ3) is 2.96. The fourth-order valence-corrected chi connectivity index (χ4v) is 2.41. The van der Waals surface area contributed by atoms with E-state index >= 15 is 0 Å².